The number of carbonyl (C=O) groups excluding carboxylic acids is 3. The number of nitrogens with one attached hydrogen (secondary N) is 2. The monoisotopic (exact) mass is 716 g/mol. The van der Waals surface area contributed by atoms with Gasteiger partial charge in [0, 0.05) is 0 Å². The van der Waals surface area contributed by atoms with Gasteiger partial charge in [0.1, 0.15) is 0 Å². The molecule has 2 aromatic rings. The first kappa shape index (κ1) is 37.6. The van der Waals surface area contributed by atoms with E-state index in [-0.39, 0.29) is 12.8 Å². The van der Waals surface area contributed by atoms with Crippen LogP contribution in [0, 0.1) is 0 Å². The summed E-state index contributed by atoms with van der Waals surface area (Å²) in [5.41, 5.74) is 1.11. The van der Waals surface area contributed by atoms with E-state index in [1.165, 1.54) is 58.9 Å². The van der Waals surface area contributed by atoms with Gasteiger partial charge in [0.25, 0.3) is 0 Å². The number of benzene rings is 2. The van der Waals surface area contributed by atoms with E-state index >= 15 is 0 Å². The second kappa shape index (κ2) is 19.1. The van der Waals surface area contributed by atoms with Crippen LogP contribution in [-0.4, -0.2) is 61.1 Å². The average molecular weight is 716 g/mol. The Labute approximate surface area is 270 Å². The molecule has 0 aliphatic heterocycles. The SMILES string of the molecule is CCC[CH2][Sn]([CH2]CCC)([CH2]CCC)[c]1ccc(C[C@H](NC(=O)OC(C)(C)C)C(=O)N[C@@H](Cc2ccccc2)C(=O)OC)cc1. The molecule has 0 bridgehead atoms. The third-order valence-electron chi connectivity index (χ3n) is 8.13. The molecule has 0 saturated carbocycles. The molecule has 0 heterocycles. The van der Waals surface area contributed by atoms with Crippen molar-refractivity contribution in [2.45, 2.75) is 124 Å². The summed E-state index contributed by atoms with van der Waals surface area (Å²) in [5, 5.41) is 5.60. The first-order valence-electron chi connectivity index (χ1n) is 16.5. The molecular weight excluding hydrogens is 659 g/mol. The molecule has 244 valence electrons. The molecule has 0 aliphatic rings. The number of esters is 1. The standard InChI is InChI=1S/C24H29N2O5.3C4H9.Sn/c1-24(2,3)31-23(29)26-19(15-17-11-7-5-8-12-17)21(27)25-20(22(28)30-4)16-18-13-9-6-10-14-18;3*1-3-4-2;/h6-14,19-20H,15-16H2,1-4H3,(H,25,27)(H,26,29);3*1,3-4H2,2H3;/t19-,20-;;;;/m0..../s1. The number of amides is 2. The van der Waals surface area contributed by atoms with Gasteiger partial charge in [0.05, 0.1) is 0 Å². The molecular formula is C36H56N2O5Sn. The van der Waals surface area contributed by atoms with Crippen LogP contribution in [0.25, 0.3) is 0 Å². The van der Waals surface area contributed by atoms with Gasteiger partial charge in [-0.25, -0.2) is 0 Å². The second-order valence-corrected chi connectivity index (χ2v) is 26.2. The zero-order valence-corrected chi connectivity index (χ0v) is 31.0. The van der Waals surface area contributed by atoms with Crippen molar-refractivity contribution in [3.05, 3.63) is 65.7 Å². The summed E-state index contributed by atoms with van der Waals surface area (Å²) in [5.74, 6) is -1.01. The van der Waals surface area contributed by atoms with Gasteiger partial charge in [-0.15, -0.1) is 0 Å². The minimum absolute atomic E-state index is 0.270. The van der Waals surface area contributed by atoms with Gasteiger partial charge < -0.3 is 0 Å². The molecule has 2 rings (SSSR count). The van der Waals surface area contributed by atoms with Gasteiger partial charge in [-0.2, -0.15) is 0 Å². The van der Waals surface area contributed by atoms with Gasteiger partial charge in [-0.3, -0.25) is 0 Å². The Morgan fingerprint density at radius 2 is 1.23 bits per heavy atom. The van der Waals surface area contributed by atoms with Gasteiger partial charge in [-0.05, 0) is 0 Å². The number of hydrogen-bond acceptors (Lipinski definition) is 5. The molecule has 0 aliphatic carbocycles. The van der Waals surface area contributed by atoms with Crippen LogP contribution in [0.1, 0.15) is 91.2 Å². The van der Waals surface area contributed by atoms with Crippen molar-refractivity contribution in [3.8, 4) is 0 Å². The van der Waals surface area contributed by atoms with Crippen LogP contribution in [0.5, 0.6) is 0 Å². The van der Waals surface area contributed by atoms with Crippen molar-refractivity contribution in [1.82, 2.24) is 10.6 Å². The van der Waals surface area contributed by atoms with Gasteiger partial charge in [0.15, 0.2) is 0 Å². The maximum absolute atomic E-state index is 13.7. The number of unbranched alkanes of at least 4 members (excludes halogenated alkanes) is 3. The topological polar surface area (TPSA) is 93.7 Å². The Morgan fingerprint density at radius 1 is 0.727 bits per heavy atom. The Bertz CT molecular complexity index is 1130. The van der Waals surface area contributed by atoms with E-state index < -0.39 is 54.0 Å². The Kier molecular flexibility index (Phi) is 16.3. The molecule has 0 fully saturated rings. The minimum atomic E-state index is -2.60. The Morgan fingerprint density at radius 3 is 1.70 bits per heavy atom. The second-order valence-electron chi connectivity index (χ2n) is 13.0. The van der Waals surface area contributed by atoms with Crippen LogP contribution >= 0.6 is 0 Å². The molecule has 2 N–H and O–H groups in total. The van der Waals surface area contributed by atoms with E-state index in [1.807, 2.05) is 30.3 Å². The fraction of sp³-hybridized carbons (Fsp3) is 0.583. The summed E-state index contributed by atoms with van der Waals surface area (Å²) in [6.07, 6.45) is 7.39. The molecule has 0 unspecified atom stereocenters. The Hall–Kier alpha value is -2.55. The summed E-state index contributed by atoms with van der Waals surface area (Å²) in [6.45, 7) is 12.2. The van der Waals surface area contributed by atoms with Crippen LogP contribution in [0.15, 0.2) is 54.6 Å². The van der Waals surface area contributed by atoms with Crippen molar-refractivity contribution in [1.29, 1.82) is 0 Å². The van der Waals surface area contributed by atoms with E-state index in [4.69, 9.17) is 9.47 Å². The fourth-order valence-corrected chi connectivity index (χ4v) is 21.6. The predicted octanol–water partition coefficient (Wildman–Crippen LogP) is 7.08. The van der Waals surface area contributed by atoms with Crippen LogP contribution in [-0.2, 0) is 31.9 Å². The molecule has 0 aromatic heterocycles. The van der Waals surface area contributed by atoms with E-state index in [0.29, 0.717) is 0 Å². The van der Waals surface area contributed by atoms with E-state index in [9.17, 15) is 14.4 Å². The molecule has 8 heteroatoms. The Balaban J connectivity index is 2.35. The third kappa shape index (κ3) is 12.8. The number of alkyl carbamates (subject to hydrolysis) is 1. The predicted molar refractivity (Wildman–Crippen MR) is 182 cm³/mol. The van der Waals surface area contributed by atoms with E-state index in [2.05, 4.69) is 55.7 Å². The van der Waals surface area contributed by atoms with Crippen LogP contribution in [0.3, 0.4) is 0 Å². The molecule has 2 aromatic carbocycles. The van der Waals surface area contributed by atoms with Crippen molar-refractivity contribution in [2.75, 3.05) is 7.11 Å². The average Bonchev–Trinajstić information content (AvgIpc) is 2.99. The molecule has 7 nitrogen and oxygen atoms in total. The van der Waals surface area contributed by atoms with Crippen molar-refractivity contribution in [3.63, 3.8) is 0 Å². The van der Waals surface area contributed by atoms with Crippen LogP contribution < -0.4 is 14.2 Å². The molecule has 0 radical (unpaired) electrons. The van der Waals surface area contributed by atoms with Gasteiger partial charge in [0.2, 0.25) is 0 Å². The molecule has 2 atom stereocenters. The molecule has 0 saturated heterocycles. The van der Waals surface area contributed by atoms with E-state index in [0.717, 1.165) is 11.1 Å². The van der Waals surface area contributed by atoms with E-state index in [1.54, 1.807) is 24.4 Å². The summed E-state index contributed by atoms with van der Waals surface area (Å²) in [4.78, 5) is 39.1. The summed E-state index contributed by atoms with van der Waals surface area (Å²) < 4.78 is 16.2. The number of rotatable bonds is 18. The number of carbonyl (C=O) groups is 3. The third-order valence-corrected chi connectivity index (χ3v) is 23.8. The van der Waals surface area contributed by atoms with Crippen LogP contribution in [0.4, 0.5) is 4.79 Å². The summed E-state index contributed by atoms with van der Waals surface area (Å²) in [7, 11) is 1.30. The first-order valence-corrected chi connectivity index (χ1v) is 24.0. The van der Waals surface area contributed by atoms with Crippen molar-refractivity contribution >= 4 is 39.9 Å². The number of hydrogen-bond donors (Lipinski definition) is 2. The van der Waals surface area contributed by atoms with Gasteiger partial charge in [-0.1, -0.05) is 18.2 Å². The maximum atomic E-state index is 13.7. The molecule has 0 spiro atoms. The van der Waals surface area contributed by atoms with Crippen molar-refractivity contribution < 1.29 is 23.9 Å². The zero-order valence-electron chi connectivity index (χ0n) is 28.2. The van der Waals surface area contributed by atoms with Crippen molar-refractivity contribution in [2.24, 2.45) is 0 Å². The molecule has 2 amide bonds. The molecule has 44 heavy (non-hydrogen) atoms. The summed E-state index contributed by atoms with van der Waals surface area (Å²) in [6, 6.07) is 16.5. The zero-order chi connectivity index (χ0) is 32.6. The normalized spacial score (nSPS) is 13.1. The van der Waals surface area contributed by atoms with Crippen LogP contribution in [0.2, 0.25) is 13.3 Å². The first-order chi connectivity index (χ1) is 21.0. The number of methoxy groups -OCH3 is 1. The fourth-order valence-electron chi connectivity index (χ4n) is 5.70. The summed E-state index contributed by atoms with van der Waals surface area (Å²) >= 11 is -2.60. The quantitative estimate of drug-likeness (QED) is 0.127. The number of ether oxygens (including phenoxy) is 2. The van der Waals surface area contributed by atoms with Gasteiger partial charge >= 0.3 is 253 Å².